The zero-order chi connectivity index (χ0) is 13.4. The summed E-state index contributed by atoms with van der Waals surface area (Å²) < 4.78 is 5.67. The number of hydrogen-bond acceptors (Lipinski definition) is 2. The van der Waals surface area contributed by atoms with Crippen molar-refractivity contribution in [2.24, 2.45) is 0 Å². The molecular weight excluding hydrogens is 260 g/mol. The molecule has 3 heteroatoms. The van der Waals surface area contributed by atoms with E-state index in [2.05, 4.69) is 0 Å². The molecule has 3 aromatic rings. The van der Waals surface area contributed by atoms with Gasteiger partial charge in [-0.1, -0.05) is 41.9 Å². The highest BCUT2D eigenvalue weighted by Gasteiger charge is 2.16. The highest BCUT2D eigenvalue weighted by atomic mass is 35.5. The smallest absolute Gasteiger partial charge is 0.138 e. The normalized spacial score (nSPS) is 12.8. The van der Waals surface area contributed by atoms with E-state index in [-0.39, 0.29) is 0 Å². The van der Waals surface area contributed by atoms with E-state index in [0.717, 1.165) is 22.1 Å². The molecule has 2 aromatic carbocycles. The van der Waals surface area contributed by atoms with Crippen LogP contribution in [0.15, 0.2) is 52.9 Å². The van der Waals surface area contributed by atoms with Crippen molar-refractivity contribution in [2.45, 2.75) is 13.0 Å². The predicted octanol–water partition coefficient (Wildman–Crippen LogP) is 4.48. The van der Waals surface area contributed by atoms with Gasteiger partial charge in [0, 0.05) is 10.4 Å². The highest BCUT2D eigenvalue weighted by molar-refractivity contribution is 6.31. The van der Waals surface area contributed by atoms with Gasteiger partial charge >= 0.3 is 0 Å². The molecule has 19 heavy (non-hydrogen) atoms. The van der Waals surface area contributed by atoms with Crippen LogP contribution in [0.4, 0.5) is 0 Å². The largest absolute Gasteiger partial charge is 0.458 e. The summed E-state index contributed by atoms with van der Waals surface area (Å²) in [6, 6.07) is 15.0. The third-order valence-corrected chi connectivity index (χ3v) is 3.64. The van der Waals surface area contributed by atoms with Crippen LogP contribution < -0.4 is 0 Å². The molecule has 96 valence electrons. The van der Waals surface area contributed by atoms with Crippen LogP contribution in [0.25, 0.3) is 11.0 Å². The average Bonchev–Trinajstić information content (AvgIpc) is 2.85. The monoisotopic (exact) mass is 272 g/mol. The molecule has 0 bridgehead atoms. The first kappa shape index (κ1) is 12.3. The lowest BCUT2D eigenvalue weighted by Crippen LogP contribution is -1.98. The van der Waals surface area contributed by atoms with Gasteiger partial charge in [-0.3, -0.25) is 0 Å². The van der Waals surface area contributed by atoms with Gasteiger partial charge in [0.25, 0.3) is 0 Å². The second-order valence-electron chi connectivity index (χ2n) is 4.60. The lowest BCUT2D eigenvalue weighted by atomic mass is 10.0. The van der Waals surface area contributed by atoms with Crippen LogP contribution in [-0.2, 0) is 0 Å². The van der Waals surface area contributed by atoms with Gasteiger partial charge < -0.3 is 9.52 Å². The lowest BCUT2D eigenvalue weighted by molar-refractivity contribution is 0.192. The maximum absolute atomic E-state index is 10.4. The summed E-state index contributed by atoms with van der Waals surface area (Å²) in [7, 11) is 0. The van der Waals surface area contributed by atoms with E-state index in [1.807, 2.05) is 49.4 Å². The van der Waals surface area contributed by atoms with Crippen molar-refractivity contribution >= 4 is 22.6 Å². The number of aryl methyl sites for hydroxylation is 1. The molecule has 0 radical (unpaired) electrons. The molecule has 0 saturated carbocycles. The fraction of sp³-hybridized carbons (Fsp3) is 0.125. The Morgan fingerprint density at radius 3 is 2.63 bits per heavy atom. The molecule has 3 rings (SSSR count). The van der Waals surface area contributed by atoms with Crippen LogP contribution in [-0.4, -0.2) is 5.11 Å². The molecule has 0 aliphatic carbocycles. The Balaban J connectivity index is 2.02. The molecule has 0 fully saturated rings. The van der Waals surface area contributed by atoms with E-state index in [4.69, 9.17) is 16.0 Å². The Labute approximate surface area is 116 Å². The van der Waals surface area contributed by atoms with Crippen molar-refractivity contribution < 1.29 is 9.52 Å². The quantitative estimate of drug-likeness (QED) is 0.746. The van der Waals surface area contributed by atoms with Gasteiger partial charge in [0.15, 0.2) is 0 Å². The number of aliphatic hydroxyl groups is 1. The molecule has 1 N–H and O–H groups in total. The van der Waals surface area contributed by atoms with Gasteiger partial charge in [0.05, 0.1) is 0 Å². The summed E-state index contributed by atoms with van der Waals surface area (Å²) >= 11 is 5.99. The maximum atomic E-state index is 10.4. The second kappa shape index (κ2) is 4.72. The molecule has 1 unspecified atom stereocenters. The maximum Gasteiger partial charge on any atom is 0.138 e. The van der Waals surface area contributed by atoms with E-state index in [9.17, 15) is 5.11 Å². The van der Waals surface area contributed by atoms with Gasteiger partial charge in [0.1, 0.15) is 17.4 Å². The fourth-order valence-electron chi connectivity index (χ4n) is 2.14. The number of aliphatic hydroxyl groups excluding tert-OH is 1. The molecule has 0 spiro atoms. The number of para-hydroxylation sites is 1. The summed E-state index contributed by atoms with van der Waals surface area (Å²) in [5.41, 5.74) is 2.50. The summed E-state index contributed by atoms with van der Waals surface area (Å²) in [5.74, 6) is 0.544. The summed E-state index contributed by atoms with van der Waals surface area (Å²) in [5, 5.41) is 12.1. The van der Waals surface area contributed by atoms with Crippen molar-refractivity contribution in [1.29, 1.82) is 0 Å². The standard InChI is InChI=1S/C16H13ClO2/c1-10-8-12(6-7-13(10)17)16(18)15-9-11-4-2-3-5-14(11)19-15/h2-9,16,18H,1H3. The zero-order valence-electron chi connectivity index (χ0n) is 10.4. The number of halogens is 1. The number of benzene rings is 2. The number of furan rings is 1. The van der Waals surface area contributed by atoms with Gasteiger partial charge in [-0.2, -0.15) is 0 Å². The SMILES string of the molecule is Cc1cc(C(O)c2cc3ccccc3o2)ccc1Cl. The van der Waals surface area contributed by atoms with Crippen molar-refractivity contribution in [3.05, 3.63) is 70.4 Å². The number of hydrogen-bond donors (Lipinski definition) is 1. The first-order valence-corrected chi connectivity index (χ1v) is 6.45. The molecule has 0 amide bonds. The Hall–Kier alpha value is -1.77. The minimum absolute atomic E-state index is 0.544. The average molecular weight is 273 g/mol. The third-order valence-electron chi connectivity index (χ3n) is 3.21. The Bertz CT molecular complexity index is 697. The van der Waals surface area contributed by atoms with Crippen molar-refractivity contribution in [3.8, 4) is 0 Å². The van der Waals surface area contributed by atoms with Crippen molar-refractivity contribution in [2.75, 3.05) is 0 Å². The molecule has 1 heterocycles. The van der Waals surface area contributed by atoms with E-state index in [1.165, 1.54) is 0 Å². The van der Waals surface area contributed by atoms with Crippen LogP contribution in [0.2, 0.25) is 5.02 Å². The molecular formula is C16H13ClO2. The molecule has 1 aromatic heterocycles. The van der Waals surface area contributed by atoms with Crippen LogP contribution in [0.5, 0.6) is 0 Å². The van der Waals surface area contributed by atoms with Gasteiger partial charge in [-0.25, -0.2) is 0 Å². The van der Waals surface area contributed by atoms with Gasteiger partial charge in [0.2, 0.25) is 0 Å². The van der Waals surface area contributed by atoms with E-state index >= 15 is 0 Å². The van der Waals surface area contributed by atoms with Crippen LogP contribution in [0.3, 0.4) is 0 Å². The van der Waals surface area contributed by atoms with Crippen molar-refractivity contribution in [3.63, 3.8) is 0 Å². The van der Waals surface area contributed by atoms with E-state index < -0.39 is 6.10 Å². The molecule has 0 aliphatic heterocycles. The number of rotatable bonds is 2. The van der Waals surface area contributed by atoms with Crippen LogP contribution in [0, 0.1) is 6.92 Å². The fourth-order valence-corrected chi connectivity index (χ4v) is 2.26. The third kappa shape index (κ3) is 2.25. The van der Waals surface area contributed by atoms with Crippen LogP contribution >= 0.6 is 11.6 Å². The van der Waals surface area contributed by atoms with E-state index in [1.54, 1.807) is 6.07 Å². The minimum atomic E-state index is -0.775. The van der Waals surface area contributed by atoms with Gasteiger partial charge in [-0.15, -0.1) is 0 Å². The molecule has 0 saturated heterocycles. The molecule has 2 nitrogen and oxygen atoms in total. The van der Waals surface area contributed by atoms with E-state index in [0.29, 0.717) is 10.8 Å². The number of fused-ring (bicyclic) bond motifs is 1. The Morgan fingerprint density at radius 1 is 1.11 bits per heavy atom. The van der Waals surface area contributed by atoms with Crippen molar-refractivity contribution in [1.82, 2.24) is 0 Å². The zero-order valence-corrected chi connectivity index (χ0v) is 11.2. The minimum Gasteiger partial charge on any atom is -0.458 e. The molecule has 0 aliphatic rings. The molecule has 1 atom stereocenters. The lowest BCUT2D eigenvalue weighted by Gasteiger charge is -2.09. The summed E-state index contributed by atoms with van der Waals surface area (Å²) in [4.78, 5) is 0. The summed E-state index contributed by atoms with van der Waals surface area (Å²) in [6.45, 7) is 1.91. The topological polar surface area (TPSA) is 33.4 Å². The second-order valence-corrected chi connectivity index (χ2v) is 5.00. The predicted molar refractivity (Wildman–Crippen MR) is 76.5 cm³/mol. The first-order chi connectivity index (χ1) is 9.15. The van der Waals surface area contributed by atoms with Gasteiger partial charge in [-0.05, 0) is 36.2 Å². The van der Waals surface area contributed by atoms with Crippen LogP contribution in [0.1, 0.15) is 23.0 Å². The Kier molecular flexibility index (Phi) is 3.05. The summed E-state index contributed by atoms with van der Waals surface area (Å²) in [6.07, 6.45) is -0.775. The first-order valence-electron chi connectivity index (χ1n) is 6.08. The Morgan fingerprint density at radius 2 is 1.89 bits per heavy atom. The highest BCUT2D eigenvalue weighted by Crippen LogP contribution is 2.29.